The van der Waals surface area contributed by atoms with Gasteiger partial charge in [-0.2, -0.15) is 0 Å². The molecule has 0 radical (unpaired) electrons. The second-order valence-electron chi connectivity index (χ2n) is 3.23. The van der Waals surface area contributed by atoms with E-state index in [-0.39, 0.29) is 6.61 Å². The summed E-state index contributed by atoms with van der Waals surface area (Å²) in [5.74, 6) is 0. The summed E-state index contributed by atoms with van der Waals surface area (Å²) in [5.41, 5.74) is 1.25. The molecule has 0 saturated carbocycles. The van der Waals surface area contributed by atoms with Gasteiger partial charge in [-0.3, -0.25) is 0 Å². The first-order chi connectivity index (χ1) is 6.83. The van der Waals surface area contributed by atoms with E-state index < -0.39 is 6.10 Å². The first-order valence-corrected chi connectivity index (χ1v) is 4.80. The fourth-order valence-corrected chi connectivity index (χ4v) is 1.16. The Morgan fingerprint density at radius 2 is 1.86 bits per heavy atom. The standard InChI is InChI=1S/C12H16O2/c13-10-12(14)9-5-4-8-11-6-2-1-3-7-11/h1-7,12-14H,8-10H2. The molecular formula is C12H16O2. The lowest BCUT2D eigenvalue weighted by Gasteiger charge is -2.01. The summed E-state index contributed by atoms with van der Waals surface area (Å²) in [7, 11) is 0. The van der Waals surface area contributed by atoms with E-state index >= 15 is 0 Å². The van der Waals surface area contributed by atoms with Crippen molar-refractivity contribution >= 4 is 0 Å². The molecule has 0 amide bonds. The molecular weight excluding hydrogens is 176 g/mol. The molecule has 76 valence electrons. The average molecular weight is 192 g/mol. The average Bonchev–Trinajstić information content (AvgIpc) is 2.25. The second-order valence-corrected chi connectivity index (χ2v) is 3.23. The molecule has 0 bridgehead atoms. The molecule has 0 aliphatic heterocycles. The Balaban J connectivity index is 2.27. The highest BCUT2D eigenvalue weighted by molar-refractivity contribution is 5.17. The van der Waals surface area contributed by atoms with Crippen LogP contribution in [0.5, 0.6) is 0 Å². The van der Waals surface area contributed by atoms with Gasteiger partial charge in [0.05, 0.1) is 12.7 Å². The Labute approximate surface area is 84.5 Å². The number of aliphatic hydroxyl groups is 2. The molecule has 1 aromatic carbocycles. The van der Waals surface area contributed by atoms with Gasteiger partial charge in [-0.05, 0) is 18.4 Å². The lowest BCUT2D eigenvalue weighted by molar-refractivity contribution is 0.0975. The monoisotopic (exact) mass is 192 g/mol. The van der Waals surface area contributed by atoms with E-state index in [1.54, 1.807) is 0 Å². The molecule has 0 heterocycles. The Morgan fingerprint density at radius 3 is 2.50 bits per heavy atom. The minimum Gasteiger partial charge on any atom is -0.394 e. The quantitative estimate of drug-likeness (QED) is 0.694. The zero-order valence-electron chi connectivity index (χ0n) is 8.13. The summed E-state index contributed by atoms with van der Waals surface area (Å²) in [6.07, 6.45) is 4.67. The first kappa shape index (κ1) is 11.0. The van der Waals surface area contributed by atoms with Crippen LogP contribution in [0, 0.1) is 0 Å². The van der Waals surface area contributed by atoms with E-state index in [0.29, 0.717) is 6.42 Å². The van der Waals surface area contributed by atoms with E-state index in [1.807, 2.05) is 30.4 Å². The highest BCUT2D eigenvalue weighted by Crippen LogP contribution is 2.01. The van der Waals surface area contributed by atoms with E-state index in [1.165, 1.54) is 5.56 Å². The van der Waals surface area contributed by atoms with Crippen molar-refractivity contribution in [3.63, 3.8) is 0 Å². The smallest absolute Gasteiger partial charge is 0.0805 e. The maximum atomic E-state index is 9.05. The van der Waals surface area contributed by atoms with Crippen LogP contribution < -0.4 is 0 Å². The molecule has 1 rings (SSSR count). The number of hydrogen-bond acceptors (Lipinski definition) is 2. The van der Waals surface area contributed by atoms with Crippen molar-refractivity contribution in [2.45, 2.75) is 18.9 Å². The maximum Gasteiger partial charge on any atom is 0.0805 e. The van der Waals surface area contributed by atoms with E-state index in [2.05, 4.69) is 12.1 Å². The van der Waals surface area contributed by atoms with Gasteiger partial charge in [-0.1, -0.05) is 42.5 Å². The van der Waals surface area contributed by atoms with Crippen LogP contribution in [0.25, 0.3) is 0 Å². The minimum atomic E-state index is -0.623. The number of hydrogen-bond donors (Lipinski definition) is 2. The van der Waals surface area contributed by atoms with Crippen LogP contribution in [0.2, 0.25) is 0 Å². The van der Waals surface area contributed by atoms with Gasteiger partial charge in [0, 0.05) is 0 Å². The molecule has 0 fully saturated rings. The van der Waals surface area contributed by atoms with Gasteiger partial charge in [0.1, 0.15) is 0 Å². The van der Waals surface area contributed by atoms with Crippen molar-refractivity contribution in [3.05, 3.63) is 48.0 Å². The van der Waals surface area contributed by atoms with Gasteiger partial charge >= 0.3 is 0 Å². The zero-order valence-corrected chi connectivity index (χ0v) is 8.13. The molecule has 2 heteroatoms. The highest BCUT2D eigenvalue weighted by Gasteiger charge is 1.96. The van der Waals surface area contributed by atoms with Crippen LogP contribution in [-0.2, 0) is 6.42 Å². The predicted molar refractivity (Wildman–Crippen MR) is 57.0 cm³/mol. The SMILES string of the molecule is OCC(O)CC=CCc1ccccc1. The topological polar surface area (TPSA) is 40.5 Å². The molecule has 0 saturated heterocycles. The van der Waals surface area contributed by atoms with Crippen LogP contribution in [0.15, 0.2) is 42.5 Å². The normalized spacial score (nSPS) is 13.3. The van der Waals surface area contributed by atoms with E-state index in [0.717, 1.165) is 6.42 Å². The number of rotatable bonds is 5. The largest absolute Gasteiger partial charge is 0.394 e. The highest BCUT2D eigenvalue weighted by atomic mass is 16.3. The Hall–Kier alpha value is -1.12. The second kappa shape index (κ2) is 6.35. The molecule has 1 unspecified atom stereocenters. The van der Waals surface area contributed by atoms with Crippen LogP contribution >= 0.6 is 0 Å². The summed E-state index contributed by atoms with van der Waals surface area (Å²) >= 11 is 0. The molecule has 2 N–H and O–H groups in total. The lowest BCUT2D eigenvalue weighted by atomic mass is 10.1. The molecule has 0 aliphatic rings. The number of allylic oxidation sites excluding steroid dienone is 1. The van der Waals surface area contributed by atoms with Crippen LogP contribution in [0.4, 0.5) is 0 Å². The summed E-state index contributed by atoms with van der Waals surface area (Å²) in [5, 5.41) is 17.6. The van der Waals surface area contributed by atoms with Gasteiger partial charge in [0.15, 0.2) is 0 Å². The van der Waals surface area contributed by atoms with Gasteiger partial charge in [0.25, 0.3) is 0 Å². The summed E-state index contributed by atoms with van der Waals surface area (Å²) in [6, 6.07) is 10.1. The Morgan fingerprint density at radius 1 is 1.14 bits per heavy atom. The Bertz CT molecular complexity index is 267. The van der Waals surface area contributed by atoms with Crippen molar-refractivity contribution < 1.29 is 10.2 Å². The molecule has 14 heavy (non-hydrogen) atoms. The van der Waals surface area contributed by atoms with Gasteiger partial charge in [-0.15, -0.1) is 0 Å². The summed E-state index contributed by atoms with van der Waals surface area (Å²) in [6.45, 7) is -0.171. The van der Waals surface area contributed by atoms with Gasteiger partial charge in [0.2, 0.25) is 0 Å². The molecule has 0 aliphatic carbocycles. The van der Waals surface area contributed by atoms with E-state index in [9.17, 15) is 0 Å². The van der Waals surface area contributed by atoms with Crippen molar-refractivity contribution in [2.75, 3.05) is 6.61 Å². The number of benzene rings is 1. The molecule has 0 aromatic heterocycles. The van der Waals surface area contributed by atoms with Crippen molar-refractivity contribution in [1.82, 2.24) is 0 Å². The molecule has 0 spiro atoms. The number of aliphatic hydroxyl groups excluding tert-OH is 2. The van der Waals surface area contributed by atoms with Crippen molar-refractivity contribution in [2.24, 2.45) is 0 Å². The maximum absolute atomic E-state index is 9.05. The van der Waals surface area contributed by atoms with E-state index in [4.69, 9.17) is 10.2 Å². The third-order valence-electron chi connectivity index (χ3n) is 1.98. The fraction of sp³-hybridized carbons (Fsp3) is 0.333. The van der Waals surface area contributed by atoms with Gasteiger partial charge < -0.3 is 10.2 Å². The summed E-state index contributed by atoms with van der Waals surface area (Å²) in [4.78, 5) is 0. The predicted octanol–water partition coefficient (Wildman–Crippen LogP) is 1.53. The third kappa shape index (κ3) is 4.21. The first-order valence-electron chi connectivity index (χ1n) is 4.80. The van der Waals surface area contributed by atoms with Crippen LogP contribution in [0.3, 0.4) is 0 Å². The van der Waals surface area contributed by atoms with Gasteiger partial charge in [-0.25, -0.2) is 0 Å². The minimum absolute atomic E-state index is 0.171. The van der Waals surface area contributed by atoms with Crippen molar-refractivity contribution in [3.8, 4) is 0 Å². The lowest BCUT2D eigenvalue weighted by Crippen LogP contribution is -2.09. The fourth-order valence-electron chi connectivity index (χ4n) is 1.16. The molecule has 1 atom stereocenters. The Kier molecular flexibility index (Phi) is 4.97. The van der Waals surface area contributed by atoms with Crippen LogP contribution in [0.1, 0.15) is 12.0 Å². The molecule has 2 nitrogen and oxygen atoms in total. The molecule has 1 aromatic rings. The zero-order chi connectivity index (χ0) is 10.2. The third-order valence-corrected chi connectivity index (χ3v) is 1.98. The van der Waals surface area contributed by atoms with Crippen molar-refractivity contribution in [1.29, 1.82) is 0 Å². The van der Waals surface area contributed by atoms with Crippen LogP contribution in [-0.4, -0.2) is 22.9 Å². The summed E-state index contributed by atoms with van der Waals surface area (Å²) < 4.78 is 0.